The van der Waals surface area contributed by atoms with Crippen LogP contribution in [0.1, 0.15) is 30.7 Å². The van der Waals surface area contributed by atoms with E-state index in [9.17, 15) is 4.39 Å². The first-order valence-corrected chi connectivity index (χ1v) is 5.51. The van der Waals surface area contributed by atoms with E-state index < -0.39 is 0 Å². The third kappa shape index (κ3) is 2.09. The van der Waals surface area contributed by atoms with Crippen LogP contribution in [0.3, 0.4) is 0 Å². The second kappa shape index (κ2) is 3.90. The minimum atomic E-state index is -0.198. The molecule has 2 heteroatoms. The molecule has 0 bridgehead atoms. The summed E-state index contributed by atoms with van der Waals surface area (Å²) in [4.78, 5) is 0. The molecule has 1 aromatic rings. The van der Waals surface area contributed by atoms with Gasteiger partial charge in [-0.2, -0.15) is 0 Å². The van der Waals surface area contributed by atoms with E-state index in [0.717, 1.165) is 11.5 Å². The molecule has 0 nitrogen and oxygen atoms in total. The molecule has 2 atom stereocenters. The molecule has 0 spiro atoms. The average Bonchev–Trinajstić information content (AvgIpc) is 3.00. The molecule has 0 aromatic heterocycles. The molecular formula is C12H14ClF. The maximum absolute atomic E-state index is 12.7. The summed E-state index contributed by atoms with van der Waals surface area (Å²) in [6.45, 7) is 2.18. The molecule has 1 aliphatic carbocycles. The first-order chi connectivity index (χ1) is 6.68. The van der Waals surface area contributed by atoms with Crippen molar-refractivity contribution >= 4 is 11.6 Å². The predicted molar refractivity (Wildman–Crippen MR) is 56.9 cm³/mol. The van der Waals surface area contributed by atoms with Crippen LogP contribution in [0, 0.1) is 17.7 Å². The van der Waals surface area contributed by atoms with Crippen molar-refractivity contribution in [2.45, 2.75) is 25.1 Å². The van der Waals surface area contributed by atoms with Gasteiger partial charge in [0.25, 0.3) is 0 Å². The zero-order valence-corrected chi connectivity index (χ0v) is 8.97. The lowest BCUT2D eigenvalue weighted by molar-refractivity contribution is 0.491. The van der Waals surface area contributed by atoms with Gasteiger partial charge in [0, 0.05) is 0 Å². The Morgan fingerprint density at radius 1 is 1.29 bits per heavy atom. The Balaban J connectivity index is 2.09. The van der Waals surface area contributed by atoms with E-state index in [1.807, 2.05) is 0 Å². The standard InChI is InChI=1S/C12H14ClF/c1-8(9-2-3-9)12(13)10-4-6-11(14)7-5-10/h4-9,12H,2-3H2,1H3. The molecule has 1 fully saturated rings. The minimum absolute atomic E-state index is 0.0306. The molecular weight excluding hydrogens is 199 g/mol. The Kier molecular flexibility index (Phi) is 2.78. The Bertz CT molecular complexity index is 303. The van der Waals surface area contributed by atoms with Gasteiger partial charge >= 0.3 is 0 Å². The van der Waals surface area contributed by atoms with E-state index in [0.29, 0.717) is 5.92 Å². The third-order valence-corrected chi connectivity index (χ3v) is 3.67. The largest absolute Gasteiger partial charge is 0.207 e. The lowest BCUT2D eigenvalue weighted by Gasteiger charge is -2.17. The fourth-order valence-electron chi connectivity index (χ4n) is 1.81. The molecule has 14 heavy (non-hydrogen) atoms. The molecule has 76 valence electrons. The highest BCUT2D eigenvalue weighted by Crippen LogP contribution is 2.45. The fraction of sp³-hybridized carbons (Fsp3) is 0.500. The summed E-state index contributed by atoms with van der Waals surface area (Å²) in [6, 6.07) is 6.52. The molecule has 1 aromatic carbocycles. The van der Waals surface area contributed by atoms with Gasteiger partial charge in [-0.1, -0.05) is 19.1 Å². The normalized spacial score (nSPS) is 20.5. The van der Waals surface area contributed by atoms with E-state index in [1.165, 1.54) is 25.0 Å². The summed E-state index contributed by atoms with van der Waals surface area (Å²) in [5.41, 5.74) is 1.03. The molecule has 2 rings (SSSR count). The number of hydrogen-bond acceptors (Lipinski definition) is 0. The maximum Gasteiger partial charge on any atom is 0.123 e. The van der Waals surface area contributed by atoms with Crippen molar-refractivity contribution in [1.82, 2.24) is 0 Å². The summed E-state index contributed by atoms with van der Waals surface area (Å²) in [6.07, 6.45) is 2.59. The van der Waals surface area contributed by atoms with Gasteiger partial charge in [0.2, 0.25) is 0 Å². The van der Waals surface area contributed by atoms with Gasteiger partial charge in [-0.25, -0.2) is 4.39 Å². The van der Waals surface area contributed by atoms with Crippen molar-refractivity contribution in [2.24, 2.45) is 11.8 Å². The number of rotatable bonds is 3. The molecule has 0 amide bonds. The number of halogens is 2. The van der Waals surface area contributed by atoms with E-state index in [2.05, 4.69) is 6.92 Å². The highest BCUT2D eigenvalue weighted by molar-refractivity contribution is 6.21. The highest BCUT2D eigenvalue weighted by Gasteiger charge is 2.32. The minimum Gasteiger partial charge on any atom is -0.207 e. The van der Waals surface area contributed by atoms with Crippen LogP contribution >= 0.6 is 11.6 Å². The Labute approximate surface area is 89.1 Å². The van der Waals surface area contributed by atoms with Crippen LogP contribution in [0.15, 0.2) is 24.3 Å². The molecule has 1 saturated carbocycles. The van der Waals surface area contributed by atoms with Crippen molar-refractivity contribution in [3.8, 4) is 0 Å². The molecule has 2 unspecified atom stereocenters. The fourth-order valence-corrected chi connectivity index (χ4v) is 2.16. The van der Waals surface area contributed by atoms with Crippen LogP contribution < -0.4 is 0 Å². The molecule has 0 N–H and O–H groups in total. The molecule has 0 radical (unpaired) electrons. The van der Waals surface area contributed by atoms with Gasteiger partial charge < -0.3 is 0 Å². The topological polar surface area (TPSA) is 0 Å². The molecule has 0 aliphatic heterocycles. The van der Waals surface area contributed by atoms with Gasteiger partial charge in [0.1, 0.15) is 5.82 Å². The van der Waals surface area contributed by atoms with E-state index in [4.69, 9.17) is 11.6 Å². The van der Waals surface area contributed by atoms with Gasteiger partial charge in [-0.15, -0.1) is 11.6 Å². The van der Waals surface area contributed by atoms with Gasteiger partial charge in [0.15, 0.2) is 0 Å². The van der Waals surface area contributed by atoms with E-state index in [-0.39, 0.29) is 11.2 Å². The van der Waals surface area contributed by atoms with Crippen LogP contribution in [0.5, 0.6) is 0 Å². The summed E-state index contributed by atoms with van der Waals surface area (Å²) >= 11 is 6.32. The summed E-state index contributed by atoms with van der Waals surface area (Å²) in [5.74, 6) is 1.08. The van der Waals surface area contributed by atoms with Crippen molar-refractivity contribution in [3.05, 3.63) is 35.6 Å². The SMILES string of the molecule is CC(C1CC1)C(Cl)c1ccc(F)cc1. The van der Waals surface area contributed by atoms with Gasteiger partial charge in [-0.05, 0) is 42.4 Å². The summed E-state index contributed by atoms with van der Waals surface area (Å²) < 4.78 is 12.7. The first-order valence-electron chi connectivity index (χ1n) is 5.08. The van der Waals surface area contributed by atoms with Crippen molar-refractivity contribution in [2.75, 3.05) is 0 Å². The van der Waals surface area contributed by atoms with E-state index >= 15 is 0 Å². The lowest BCUT2D eigenvalue weighted by atomic mass is 9.96. The molecule has 1 aliphatic rings. The van der Waals surface area contributed by atoms with Gasteiger partial charge in [-0.3, -0.25) is 0 Å². The smallest absolute Gasteiger partial charge is 0.123 e. The lowest BCUT2D eigenvalue weighted by Crippen LogP contribution is -2.05. The van der Waals surface area contributed by atoms with Crippen molar-refractivity contribution in [3.63, 3.8) is 0 Å². The average molecular weight is 213 g/mol. The molecule has 0 saturated heterocycles. The van der Waals surface area contributed by atoms with E-state index in [1.54, 1.807) is 12.1 Å². The predicted octanol–water partition coefficient (Wildman–Crippen LogP) is 4.15. The van der Waals surface area contributed by atoms with Crippen LogP contribution in [0.2, 0.25) is 0 Å². The Morgan fingerprint density at radius 2 is 1.86 bits per heavy atom. The number of alkyl halides is 1. The molecule has 0 heterocycles. The number of benzene rings is 1. The van der Waals surface area contributed by atoms with Crippen LogP contribution in [0.4, 0.5) is 4.39 Å². The monoisotopic (exact) mass is 212 g/mol. The quantitative estimate of drug-likeness (QED) is 0.661. The number of hydrogen-bond donors (Lipinski definition) is 0. The zero-order valence-electron chi connectivity index (χ0n) is 8.21. The Morgan fingerprint density at radius 3 is 2.36 bits per heavy atom. The summed E-state index contributed by atoms with van der Waals surface area (Å²) in [5, 5.41) is 0.0306. The third-order valence-electron chi connectivity index (χ3n) is 3.02. The van der Waals surface area contributed by atoms with Crippen LogP contribution in [-0.4, -0.2) is 0 Å². The summed E-state index contributed by atoms with van der Waals surface area (Å²) in [7, 11) is 0. The van der Waals surface area contributed by atoms with Crippen molar-refractivity contribution < 1.29 is 4.39 Å². The Hall–Kier alpha value is -0.560. The van der Waals surface area contributed by atoms with Crippen molar-refractivity contribution in [1.29, 1.82) is 0 Å². The van der Waals surface area contributed by atoms with Crippen LogP contribution in [0.25, 0.3) is 0 Å². The van der Waals surface area contributed by atoms with Crippen LogP contribution in [-0.2, 0) is 0 Å². The zero-order chi connectivity index (χ0) is 10.1. The maximum atomic E-state index is 12.7. The second-order valence-corrected chi connectivity index (χ2v) is 4.62. The first kappa shape index (κ1) is 9.97. The highest BCUT2D eigenvalue weighted by atomic mass is 35.5. The second-order valence-electron chi connectivity index (χ2n) is 4.15. The van der Waals surface area contributed by atoms with Gasteiger partial charge in [0.05, 0.1) is 5.38 Å².